The second-order valence-corrected chi connectivity index (χ2v) is 16.6. The van der Waals surface area contributed by atoms with E-state index < -0.39 is 10.0 Å². The summed E-state index contributed by atoms with van der Waals surface area (Å²) in [6.45, 7) is 24.7. The summed E-state index contributed by atoms with van der Waals surface area (Å²) in [5.41, 5.74) is 3.05. The van der Waals surface area contributed by atoms with E-state index in [0.29, 0.717) is 17.0 Å². The lowest BCUT2D eigenvalue weighted by Crippen LogP contribution is -2.49. The first-order chi connectivity index (χ1) is 21.7. The predicted octanol–water partition coefficient (Wildman–Crippen LogP) is 9.14. The van der Waals surface area contributed by atoms with E-state index in [-0.39, 0.29) is 22.8 Å². The number of hydrogen-bond donors (Lipinski definition) is 0. The normalized spacial score (nSPS) is 23.0. The van der Waals surface area contributed by atoms with Crippen LogP contribution >= 0.6 is 11.6 Å². The molecule has 4 rings (SSSR count). The molecule has 3 fully saturated rings. The van der Waals surface area contributed by atoms with Gasteiger partial charge in [-0.15, -0.1) is 0 Å². The number of hydrogen-bond acceptors (Lipinski definition) is 4. The molecule has 3 aliphatic rings. The summed E-state index contributed by atoms with van der Waals surface area (Å²) in [5.74, 6) is -0.249. The smallest absolute Gasteiger partial charge is 0.242 e. The number of rotatable bonds is 13. The van der Waals surface area contributed by atoms with E-state index in [9.17, 15) is 12.8 Å². The Kier molecular flexibility index (Phi) is 15.0. The van der Waals surface area contributed by atoms with E-state index in [1.54, 1.807) is 24.2 Å². The van der Waals surface area contributed by atoms with E-state index >= 15 is 0 Å². The van der Waals surface area contributed by atoms with Gasteiger partial charge in [-0.2, -0.15) is 4.31 Å². The van der Waals surface area contributed by atoms with Crippen LogP contribution in [0.1, 0.15) is 109 Å². The molecule has 2 heterocycles. The van der Waals surface area contributed by atoms with Crippen molar-refractivity contribution in [2.75, 3.05) is 32.7 Å². The van der Waals surface area contributed by atoms with Gasteiger partial charge in [0.15, 0.2) is 0 Å². The maximum Gasteiger partial charge on any atom is 0.242 e. The van der Waals surface area contributed by atoms with Crippen LogP contribution in [0.25, 0.3) is 0 Å². The Hall–Kier alpha value is -1.51. The molecule has 0 radical (unpaired) electrons. The zero-order valence-corrected chi connectivity index (χ0v) is 31.3. The molecule has 2 unspecified atom stereocenters. The van der Waals surface area contributed by atoms with Crippen molar-refractivity contribution in [3.05, 3.63) is 69.4 Å². The van der Waals surface area contributed by atoms with E-state index in [1.165, 1.54) is 89.5 Å². The molecule has 0 amide bonds. The highest BCUT2D eigenvalue weighted by Gasteiger charge is 2.38. The molecule has 0 aromatic heterocycles. The first kappa shape index (κ1) is 38.9. The molecule has 1 saturated carbocycles. The Bertz CT molecular complexity index is 1290. The first-order valence-electron chi connectivity index (χ1n) is 17.7. The van der Waals surface area contributed by atoms with Gasteiger partial charge in [0.05, 0.1) is 4.91 Å². The van der Waals surface area contributed by atoms with Gasteiger partial charge in [0.2, 0.25) is 10.0 Å². The largest absolute Gasteiger partial charge is 0.303 e. The van der Waals surface area contributed by atoms with Gasteiger partial charge >= 0.3 is 0 Å². The molecular formula is C38H61ClFN3O2S. The van der Waals surface area contributed by atoms with E-state index in [4.69, 9.17) is 11.6 Å². The number of nitrogens with zero attached hydrogens (tertiary/aromatic N) is 3. The van der Waals surface area contributed by atoms with Crippen molar-refractivity contribution in [2.45, 2.75) is 131 Å². The third-order valence-electron chi connectivity index (χ3n) is 10.5. The van der Waals surface area contributed by atoms with Crippen molar-refractivity contribution in [1.82, 2.24) is 14.1 Å². The summed E-state index contributed by atoms with van der Waals surface area (Å²) >= 11 is 5.94. The molecule has 2 atom stereocenters. The summed E-state index contributed by atoms with van der Waals surface area (Å²) in [7, 11) is -3.74. The molecule has 0 bridgehead atoms. The minimum atomic E-state index is -3.74. The van der Waals surface area contributed by atoms with Gasteiger partial charge in [-0.25, -0.2) is 12.8 Å². The fraction of sp³-hybridized carbons (Fsp3) is 0.684. The highest BCUT2D eigenvalue weighted by atomic mass is 35.5. The SMILES string of the molecule is C=C(/C=C\C(Cl)=C/C)S(=O)(=O)N1C(C)CCCC1Cc1cc(C)c(C)c(F)c1.CCCN(CC)C1CCN(CCC2(C)CC2)CC1. The van der Waals surface area contributed by atoms with Crippen LogP contribution in [0.5, 0.6) is 0 Å². The van der Waals surface area contributed by atoms with Crippen LogP contribution in [0.3, 0.4) is 0 Å². The summed E-state index contributed by atoms with van der Waals surface area (Å²) in [6.07, 6.45) is 16.1. The van der Waals surface area contributed by atoms with Crippen LogP contribution in [0, 0.1) is 25.1 Å². The van der Waals surface area contributed by atoms with Crippen molar-refractivity contribution >= 4 is 21.6 Å². The minimum Gasteiger partial charge on any atom is -0.303 e. The molecule has 46 heavy (non-hydrogen) atoms. The van der Waals surface area contributed by atoms with Gasteiger partial charge in [-0.05, 0) is 159 Å². The third kappa shape index (κ3) is 11.0. The predicted molar refractivity (Wildman–Crippen MR) is 194 cm³/mol. The third-order valence-corrected chi connectivity index (χ3v) is 12.9. The number of allylic oxidation sites excluding steroid dienone is 4. The molecule has 1 aliphatic carbocycles. The number of likely N-dealkylation sites (tertiary alicyclic amines) is 1. The molecule has 0 spiro atoms. The van der Waals surface area contributed by atoms with Crippen LogP contribution < -0.4 is 0 Å². The van der Waals surface area contributed by atoms with Gasteiger partial charge in [-0.3, -0.25) is 0 Å². The molecular weight excluding hydrogens is 617 g/mol. The Labute approximate surface area is 286 Å². The van der Waals surface area contributed by atoms with Gasteiger partial charge in [0.25, 0.3) is 0 Å². The summed E-state index contributed by atoms with van der Waals surface area (Å²) in [6, 6.07) is 3.97. The molecule has 0 N–H and O–H groups in total. The number of aryl methyl sites for hydroxylation is 1. The summed E-state index contributed by atoms with van der Waals surface area (Å²) < 4.78 is 42.2. The van der Waals surface area contributed by atoms with E-state index in [0.717, 1.165) is 41.8 Å². The zero-order valence-electron chi connectivity index (χ0n) is 29.8. The van der Waals surface area contributed by atoms with Crippen molar-refractivity contribution < 1.29 is 12.8 Å². The van der Waals surface area contributed by atoms with E-state index in [1.807, 2.05) is 19.9 Å². The Morgan fingerprint density at radius 1 is 1.13 bits per heavy atom. The molecule has 1 aromatic carbocycles. The Balaban J connectivity index is 0.000000275. The van der Waals surface area contributed by atoms with Crippen LogP contribution in [0.15, 0.2) is 46.9 Å². The topological polar surface area (TPSA) is 43.9 Å². The van der Waals surface area contributed by atoms with Gasteiger partial charge < -0.3 is 9.80 Å². The zero-order chi connectivity index (χ0) is 34.1. The van der Waals surface area contributed by atoms with Gasteiger partial charge in [-0.1, -0.05) is 57.5 Å². The number of halogens is 2. The maximum absolute atomic E-state index is 14.2. The average Bonchev–Trinajstić information content (AvgIpc) is 3.77. The molecule has 5 nitrogen and oxygen atoms in total. The quantitative estimate of drug-likeness (QED) is 0.195. The lowest BCUT2D eigenvalue weighted by Gasteiger charge is -2.39. The fourth-order valence-corrected chi connectivity index (χ4v) is 8.67. The number of sulfonamides is 1. The maximum atomic E-state index is 14.2. The molecule has 1 aromatic rings. The van der Waals surface area contributed by atoms with Crippen molar-refractivity contribution in [3.63, 3.8) is 0 Å². The van der Waals surface area contributed by atoms with Crippen molar-refractivity contribution in [1.29, 1.82) is 0 Å². The fourth-order valence-electron chi connectivity index (χ4n) is 6.94. The number of benzene rings is 1. The van der Waals surface area contributed by atoms with Gasteiger partial charge in [0.1, 0.15) is 5.82 Å². The highest BCUT2D eigenvalue weighted by molar-refractivity contribution is 7.93. The number of piperidine rings is 2. The minimum absolute atomic E-state index is 0.0116. The van der Waals surface area contributed by atoms with Crippen LogP contribution in [-0.2, 0) is 16.4 Å². The second kappa shape index (κ2) is 17.8. The Morgan fingerprint density at radius 3 is 2.37 bits per heavy atom. The van der Waals surface area contributed by atoms with Crippen LogP contribution in [-0.4, -0.2) is 73.4 Å². The molecule has 2 saturated heterocycles. The summed E-state index contributed by atoms with van der Waals surface area (Å²) in [4.78, 5) is 5.41. The molecule has 2 aliphatic heterocycles. The standard InChI is InChI=1S/C22H29ClFNO2S.C16H32N2/c1-6-20(23)11-10-17(4)28(26,27)25-16(3)8-7-9-21(25)13-19-12-15(2)18(5)22(24)14-19;1-4-11-18(5-2)15-6-12-17(13-7-15)14-10-16(3)8-9-16/h6,10-12,14,16,21H,4,7-9,13H2,1-3,5H3;15H,4-14H2,1-3H3/b11-10-,20-6+;. The van der Waals surface area contributed by atoms with Gasteiger partial charge in [0, 0.05) is 23.2 Å². The first-order valence-corrected chi connectivity index (χ1v) is 19.5. The molecule has 8 heteroatoms. The summed E-state index contributed by atoms with van der Waals surface area (Å²) in [5, 5.41) is 0.449. The van der Waals surface area contributed by atoms with E-state index in [2.05, 4.69) is 37.1 Å². The highest BCUT2D eigenvalue weighted by Crippen LogP contribution is 2.48. The van der Waals surface area contributed by atoms with Crippen LogP contribution in [0.2, 0.25) is 0 Å². The lowest BCUT2D eigenvalue weighted by molar-refractivity contribution is 0.108. The van der Waals surface area contributed by atoms with Crippen molar-refractivity contribution in [2.24, 2.45) is 5.41 Å². The average molecular weight is 678 g/mol. The monoisotopic (exact) mass is 677 g/mol. The van der Waals surface area contributed by atoms with Crippen LogP contribution in [0.4, 0.5) is 4.39 Å². The van der Waals surface area contributed by atoms with Crippen molar-refractivity contribution in [3.8, 4) is 0 Å². The second-order valence-electron chi connectivity index (χ2n) is 14.2. The lowest BCUT2D eigenvalue weighted by atomic mass is 9.93. The molecule has 260 valence electrons. The Morgan fingerprint density at radius 2 is 1.80 bits per heavy atom.